The summed E-state index contributed by atoms with van der Waals surface area (Å²) >= 11 is 0. The lowest BCUT2D eigenvalue weighted by atomic mass is 9.86. The predicted molar refractivity (Wildman–Crippen MR) is 46.7 cm³/mol. The van der Waals surface area contributed by atoms with E-state index in [-0.39, 0.29) is 0 Å². The van der Waals surface area contributed by atoms with Gasteiger partial charge in [0, 0.05) is 0 Å². The van der Waals surface area contributed by atoms with E-state index in [1.165, 1.54) is 6.07 Å². The Morgan fingerprint density at radius 2 is 1.69 bits per heavy atom. The molecule has 0 bridgehead atoms. The Balaban J connectivity index is 3.35. The van der Waals surface area contributed by atoms with Crippen LogP contribution in [0.4, 0.5) is 8.78 Å². The lowest BCUT2D eigenvalue weighted by Gasteiger charge is -2.19. The van der Waals surface area contributed by atoms with Crippen LogP contribution in [0.15, 0.2) is 12.1 Å². The third-order valence-electron chi connectivity index (χ3n) is 1.87. The van der Waals surface area contributed by atoms with Crippen LogP contribution in [-0.4, -0.2) is 5.11 Å². The summed E-state index contributed by atoms with van der Waals surface area (Å²) in [6.07, 6.45) is 0. The third-order valence-corrected chi connectivity index (χ3v) is 1.87. The predicted octanol–water partition coefficient (Wildman–Crippen LogP) is 2.97. The smallest absolute Gasteiger partial charge is 0.188 e. The molecule has 1 aromatic rings. The van der Waals surface area contributed by atoms with Gasteiger partial charge in [0.2, 0.25) is 0 Å². The molecule has 0 heterocycles. The summed E-state index contributed by atoms with van der Waals surface area (Å²) in [7, 11) is 0. The highest BCUT2D eigenvalue weighted by molar-refractivity contribution is 5.35. The van der Waals surface area contributed by atoms with E-state index in [1.54, 1.807) is 20.8 Å². The fourth-order valence-corrected chi connectivity index (χ4v) is 1.12. The fourth-order valence-electron chi connectivity index (χ4n) is 1.12. The van der Waals surface area contributed by atoms with Crippen LogP contribution < -0.4 is 0 Å². The van der Waals surface area contributed by atoms with E-state index in [1.807, 2.05) is 0 Å². The van der Waals surface area contributed by atoms with Gasteiger partial charge in [-0.2, -0.15) is 0 Å². The number of rotatable bonds is 0. The molecule has 0 fully saturated rings. The summed E-state index contributed by atoms with van der Waals surface area (Å²) in [5.74, 6) is -2.69. The molecule has 0 saturated carbocycles. The Bertz CT molecular complexity index is 326. The number of hydrogen-bond donors (Lipinski definition) is 1. The Morgan fingerprint density at radius 3 is 2.15 bits per heavy atom. The minimum absolute atomic E-state index is 0.311. The number of halogens is 2. The molecule has 0 spiro atoms. The van der Waals surface area contributed by atoms with Crippen LogP contribution >= 0.6 is 0 Å². The van der Waals surface area contributed by atoms with Crippen LogP contribution in [0.25, 0.3) is 0 Å². The maximum Gasteiger partial charge on any atom is 0.188 e. The maximum absolute atomic E-state index is 13.3. The van der Waals surface area contributed by atoms with Crippen molar-refractivity contribution in [2.24, 2.45) is 0 Å². The normalized spacial score (nSPS) is 11.8. The minimum atomic E-state index is -0.925. The summed E-state index contributed by atoms with van der Waals surface area (Å²) in [4.78, 5) is 0. The van der Waals surface area contributed by atoms with Gasteiger partial charge in [0.25, 0.3) is 0 Å². The standard InChI is InChI=1S/C10H12F2O/c1-10(2,3)6-4-5-7(11)9(13)8(6)12/h4-5,13H,1-3H3. The molecule has 13 heavy (non-hydrogen) atoms. The van der Waals surface area contributed by atoms with E-state index >= 15 is 0 Å². The van der Waals surface area contributed by atoms with Gasteiger partial charge in [-0.15, -0.1) is 0 Å². The van der Waals surface area contributed by atoms with Crippen LogP contribution in [-0.2, 0) is 5.41 Å². The molecule has 0 aromatic heterocycles. The topological polar surface area (TPSA) is 20.2 Å². The number of aromatic hydroxyl groups is 1. The molecule has 3 heteroatoms. The molecule has 0 saturated heterocycles. The van der Waals surface area contributed by atoms with E-state index in [4.69, 9.17) is 5.11 Å². The highest BCUT2D eigenvalue weighted by Crippen LogP contribution is 2.31. The fraction of sp³-hybridized carbons (Fsp3) is 0.400. The van der Waals surface area contributed by atoms with E-state index in [0.29, 0.717) is 5.56 Å². The van der Waals surface area contributed by atoms with E-state index < -0.39 is 22.8 Å². The van der Waals surface area contributed by atoms with Crippen molar-refractivity contribution in [3.05, 3.63) is 29.3 Å². The highest BCUT2D eigenvalue weighted by atomic mass is 19.1. The van der Waals surface area contributed by atoms with E-state index in [0.717, 1.165) is 6.07 Å². The van der Waals surface area contributed by atoms with Crippen molar-refractivity contribution in [3.63, 3.8) is 0 Å². The van der Waals surface area contributed by atoms with E-state index in [9.17, 15) is 8.78 Å². The van der Waals surface area contributed by atoms with Gasteiger partial charge in [-0.25, -0.2) is 8.78 Å². The number of phenolic OH excluding ortho intramolecular Hbond substituents is 1. The first kappa shape index (κ1) is 9.96. The molecule has 1 nitrogen and oxygen atoms in total. The molecule has 72 valence electrons. The molecule has 0 unspecified atom stereocenters. The summed E-state index contributed by atoms with van der Waals surface area (Å²) in [5, 5.41) is 9.00. The monoisotopic (exact) mass is 186 g/mol. The lowest BCUT2D eigenvalue weighted by Crippen LogP contribution is -2.13. The average molecular weight is 186 g/mol. The van der Waals surface area contributed by atoms with Gasteiger partial charge in [0.15, 0.2) is 17.4 Å². The molecular weight excluding hydrogens is 174 g/mol. The Labute approximate surface area is 76.0 Å². The molecular formula is C10H12F2O. The van der Waals surface area contributed by atoms with Gasteiger partial charge in [0.1, 0.15) is 0 Å². The first-order valence-corrected chi connectivity index (χ1v) is 4.01. The van der Waals surface area contributed by atoms with Crippen molar-refractivity contribution in [2.45, 2.75) is 26.2 Å². The van der Waals surface area contributed by atoms with Crippen molar-refractivity contribution >= 4 is 0 Å². The Kier molecular flexibility index (Phi) is 2.28. The maximum atomic E-state index is 13.3. The molecule has 0 amide bonds. The number of hydrogen-bond acceptors (Lipinski definition) is 1. The van der Waals surface area contributed by atoms with Crippen molar-refractivity contribution in [2.75, 3.05) is 0 Å². The van der Waals surface area contributed by atoms with Gasteiger partial charge >= 0.3 is 0 Å². The van der Waals surface area contributed by atoms with Crippen LogP contribution in [0.2, 0.25) is 0 Å². The second kappa shape index (κ2) is 2.98. The Morgan fingerprint density at radius 1 is 1.15 bits per heavy atom. The van der Waals surface area contributed by atoms with Crippen LogP contribution in [0.3, 0.4) is 0 Å². The van der Waals surface area contributed by atoms with Crippen molar-refractivity contribution in [1.29, 1.82) is 0 Å². The first-order valence-electron chi connectivity index (χ1n) is 4.01. The van der Waals surface area contributed by atoms with Gasteiger partial charge in [-0.3, -0.25) is 0 Å². The second-order valence-electron chi connectivity index (χ2n) is 4.01. The first-order chi connectivity index (χ1) is 5.84. The molecule has 0 radical (unpaired) electrons. The SMILES string of the molecule is CC(C)(C)c1ccc(F)c(O)c1F. The summed E-state index contributed by atoms with van der Waals surface area (Å²) in [6.45, 7) is 5.38. The van der Waals surface area contributed by atoms with Gasteiger partial charge in [-0.05, 0) is 17.0 Å². The molecule has 0 aliphatic carbocycles. The Hall–Kier alpha value is -1.12. The lowest BCUT2D eigenvalue weighted by molar-refractivity contribution is 0.385. The largest absolute Gasteiger partial charge is 0.503 e. The van der Waals surface area contributed by atoms with E-state index in [2.05, 4.69) is 0 Å². The quantitative estimate of drug-likeness (QED) is 0.660. The molecule has 1 aromatic carbocycles. The van der Waals surface area contributed by atoms with Gasteiger partial charge < -0.3 is 5.11 Å². The number of benzene rings is 1. The third kappa shape index (κ3) is 1.79. The molecule has 0 aliphatic heterocycles. The second-order valence-corrected chi connectivity index (χ2v) is 4.01. The van der Waals surface area contributed by atoms with Crippen LogP contribution in [0.1, 0.15) is 26.3 Å². The zero-order chi connectivity index (χ0) is 10.2. The highest BCUT2D eigenvalue weighted by Gasteiger charge is 2.22. The molecule has 1 N–H and O–H groups in total. The zero-order valence-electron chi connectivity index (χ0n) is 7.86. The summed E-state index contributed by atoms with van der Waals surface area (Å²) in [6, 6.07) is 2.42. The van der Waals surface area contributed by atoms with Crippen molar-refractivity contribution in [3.8, 4) is 5.75 Å². The molecule has 1 rings (SSSR count). The van der Waals surface area contributed by atoms with Crippen molar-refractivity contribution < 1.29 is 13.9 Å². The van der Waals surface area contributed by atoms with Gasteiger partial charge in [0.05, 0.1) is 0 Å². The minimum Gasteiger partial charge on any atom is -0.503 e. The van der Waals surface area contributed by atoms with Gasteiger partial charge in [-0.1, -0.05) is 26.8 Å². The summed E-state index contributed by atoms with van der Waals surface area (Å²) in [5.41, 5.74) is -0.124. The van der Waals surface area contributed by atoms with Crippen LogP contribution in [0.5, 0.6) is 5.75 Å². The molecule has 0 atom stereocenters. The number of phenols is 1. The van der Waals surface area contributed by atoms with Crippen LogP contribution in [0, 0.1) is 11.6 Å². The average Bonchev–Trinajstić information content (AvgIpc) is 1.98. The summed E-state index contributed by atoms with van der Waals surface area (Å²) < 4.78 is 25.9. The molecule has 0 aliphatic rings. The zero-order valence-corrected chi connectivity index (χ0v) is 7.86. The van der Waals surface area contributed by atoms with Crippen molar-refractivity contribution in [1.82, 2.24) is 0 Å².